The SMILES string of the molecule is CCC(Oc1ccc(OC)cc1)C(=O)N1CCCC1. The molecule has 0 aliphatic carbocycles. The Kier molecular flexibility index (Phi) is 4.66. The number of methoxy groups -OCH3 is 1. The first-order valence-electron chi connectivity index (χ1n) is 6.84. The van der Waals surface area contributed by atoms with Crippen molar-refractivity contribution in [2.24, 2.45) is 0 Å². The van der Waals surface area contributed by atoms with E-state index in [1.165, 1.54) is 0 Å². The Morgan fingerprint density at radius 1 is 1.21 bits per heavy atom. The van der Waals surface area contributed by atoms with Crippen molar-refractivity contribution in [2.75, 3.05) is 20.2 Å². The maximum absolute atomic E-state index is 12.3. The molecular weight excluding hydrogens is 242 g/mol. The summed E-state index contributed by atoms with van der Waals surface area (Å²) in [5, 5.41) is 0. The summed E-state index contributed by atoms with van der Waals surface area (Å²) < 4.78 is 10.9. The van der Waals surface area contributed by atoms with Crippen LogP contribution < -0.4 is 9.47 Å². The Morgan fingerprint density at radius 3 is 2.32 bits per heavy atom. The van der Waals surface area contributed by atoms with Crippen LogP contribution in [-0.4, -0.2) is 37.1 Å². The Morgan fingerprint density at radius 2 is 1.79 bits per heavy atom. The largest absolute Gasteiger partial charge is 0.497 e. The van der Waals surface area contributed by atoms with Crippen molar-refractivity contribution in [2.45, 2.75) is 32.3 Å². The van der Waals surface area contributed by atoms with E-state index in [0.717, 1.165) is 31.7 Å². The Hall–Kier alpha value is -1.71. The van der Waals surface area contributed by atoms with Crippen molar-refractivity contribution >= 4 is 5.91 Å². The van der Waals surface area contributed by atoms with E-state index < -0.39 is 0 Å². The van der Waals surface area contributed by atoms with Gasteiger partial charge in [0.25, 0.3) is 5.91 Å². The van der Waals surface area contributed by atoms with Crippen molar-refractivity contribution in [3.63, 3.8) is 0 Å². The zero-order valence-electron chi connectivity index (χ0n) is 11.6. The molecule has 19 heavy (non-hydrogen) atoms. The van der Waals surface area contributed by atoms with Crippen LogP contribution in [0.5, 0.6) is 11.5 Å². The zero-order chi connectivity index (χ0) is 13.7. The quantitative estimate of drug-likeness (QED) is 0.819. The standard InChI is InChI=1S/C15H21NO3/c1-3-14(15(17)16-10-4-5-11-16)19-13-8-6-12(18-2)7-9-13/h6-9,14H,3-5,10-11H2,1-2H3. The number of likely N-dealkylation sites (tertiary alicyclic amines) is 1. The number of hydrogen-bond donors (Lipinski definition) is 0. The third-order valence-electron chi connectivity index (χ3n) is 3.40. The highest BCUT2D eigenvalue weighted by Crippen LogP contribution is 2.20. The molecule has 1 heterocycles. The first kappa shape index (κ1) is 13.7. The average molecular weight is 263 g/mol. The highest BCUT2D eigenvalue weighted by Gasteiger charge is 2.26. The van der Waals surface area contributed by atoms with Gasteiger partial charge in [0.05, 0.1) is 7.11 Å². The zero-order valence-corrected chi connectivity index (χ0v) is 11.6. The van der Waals surface area contributed by atoms with Crippen LogP contribution in [0, 0.1) is 0 Å². The molecule has 1 amide bonds. The molecule has 2 rings (SSSR count). The number of carbonyl (C=O) groups is 1. The van der Waals surface area contributed by atoms with Crippen LogP contribution in [-0.2, 0) is 4.79 Å². The molecule has 0 bridgehead atoms. The number of carbonyl (C=O) groups excluding carboxylic acids is 1. The number of amides is 1. The topological polar surface area (TPSA) is 38.8 Å². The van der Waals surface area contributed by atoms with Crippen LogP contribution in [0.25, 0.3) is 0 Å². The summed E-state index contributed by atoms with van der Waals surface area (Å²) in [7, 11) is 1.63. The van der Waals surface area contributed by atoms with E-state index in [0.29, 0.717) is 12.2 Å². The van der Waals surface area contributed by atoms with Crippen LogP contribution in [0.2, 0.25) is 0 Å². The van der Waals surface area contributed by atoms with Crippen LogP contribution in [0.3, 0.4) is 0 Å². The smallest absolute Gasteiger partial charge is 0.263 e. The van der Waals surface area contributed by atoms with Gasteiger partial charge in [-0.15, -0.1) is 0 Å². The lowest BCUT2D eigenvalue weighted by Crippen LogP contribution is -2.40. The summed E-state index contributed by atoms with van der Waals surface area (Å²) >= 11 is 0. The molecule has 4 heteroatoms. The van der Waals surface area contributed by atoms with Crippen LogP contribution in [0.1, 0.15) is 26.2 Å². The molecule has 1 aliphatic heterocycles. The maximum Gasteiger partial charge on any atom is 0.263 e. The summed E-state index contributed by atoms with van der Waals surface area (Å²) in [5.74, 6) is 1.60. The summed E-state index contributed by atoms with van der Waals surface area (Å²) in [5.41, 5.74) is 0. The molecule has 1 aromatic carbocycles. The van der Waals surface area contributed by atoms with Gasteiger partial charge < -0.3 is 14.4 Å². The minimum atomic E-state index is -0.383. The van der Waals surface area contributed by atoms with Gasteiger partial charge in [-0.3, -0.25) is 4.79 Å². The van der Waals surface area contributed by atoms with Gasteiger partial charge in [0.15, 0.2) is 6.10 Å². The third-order valence-corrected chi connectivity index (χ3v) is 3.40. The van der Waals surface area contributed by atoms with Crippen molar-refractivity contribution < 1.29 is 14.3 Å². The highest BCUT2D eigenvalue weighted by molar-refractivity contribution is 5.81. The predicted molar refractivity (Wildman–Crippen MR) is 73.5 cm³/mol. The second-order valence-corrected chi connectivity index (χ2v) is 4.72. The summed E-state index contributed by atoms with van der Waals surface area (Å²) in [6, 6.07) is 7.34. The summed E-state index contributed by atoms with van der Waals surface area (Å²) in [4.78, 5) is 14.2. The summed E-state index contributed by atoms with van der Waals surface area (Å²) in [6.45, 7) is 3.70. The van der Waals surface area contributed by atoms with E-state index in [1.54, 1.807) is 7.11 Å². The normalized spacial score (nSPS) is 16.2. The number of hydrogen-bond acceptors (Lipinski definition) is 3. The van der Waals surface area contributed by atoms with E-state index in [-0.39, 0.29) is 12.0 Å². The first-order valence-corrected chi connectivity index (χ1v) is 6.84. The van der Waals surface area contributed by atoms with Crippen molar-refractivity contribution in [3.8, 4) is 11.5 Å². The molecule has 1 atom stereocenters. The van der Waals surface area contributed by atoms with Gasteiger partial charge in [-0.2, -0.15) is 0 Å². The lowest BCUT2D eigenvalue weighted by atomic mass is 10.2. The lowest BCUT2D eigenvalue weighted by Gasteiger charge is -2.23. The Bertz CT molecular complexity index is 410. The van der Waals surface area contributed by atoms with Gasteiger partial charge in [0.2, 0.25) is 0 Å². The molecule has 4 nitrogen and oxygen atoms in total. The minimum absolute atomic E-state index is 0.107. The van der Waals surface area contributed by atoms with Gasteiger partial charge in [-0.25, -0.2) is 0 Å². The summed E-state index contributed by atoms with van der Waals surface area (Å²) in [6.07, 6.45) is 2.50. The molecule has 1 fully saturated rings. The van der Waals surface area contributed by atoms with E-state index >= 15 is 0 Å². The predicted octanol–water partition coefficient (Wildman–Crippen LogP) is 2.48. The van der Waals surface area contributed by atoms with E-state index in [2.05, 4.69) is 0 Å². The fourth-order valence-electron chi connectivity index (χ4n) is 2.27. The number of rotatable bonds is 5. The van der Waals surface area contributed by atoms with Crippen molar-refractivity contribution in [3.05, 3.63) is 24.3 Å². The number of benzene rings is 1. The van der Waals surface area contributed by atoms with Gasteiger partial charge in [-0.05, 0) is 43.5 Å². The van der Waals surface area contributed by atoms with Gasteiger partial charge in [0.1, 0.15) is 11.5 Å². The average Bonchev–Trinajstić information content (AvgIpc) is 2.99. The van der Waals surface area contributed by atoms with Crippen molar-refractivity contribution in [1.82, 2.24) is 4.90 Å². The fourth-order valence-corrected chi connectivity index (χ4v) is 2.27. The first-order chi connectivity index (χ1) is 9.24. The van der Waals surface area contributed by atoms with E-state index in [1.807, 2.05) is 36.1 Å². The molecule has 1 aromatic rings. The van der Waals surface area contributed by atoms with Crippen LogP contribution in [0.4, 0.5) is 0 Å². The molecule has 104 valence electrons. The third kappa shape index (κ3) is 3.40. The second-order valence-electron chi connectivity index (χ2n) is 4.72. The Balaban J connectivity index is 1.99. The van der Waals surface area contributed by atoms with E-state index in [9.17, 15) is 4.79 Å². The highest BCUT2D eigenvalue weighted by atomic mass is 16.5. The molecule has 1 saturated heterocycles. The van der Waals surface area contributed by atoms with Crippen LogP contribution in [0.15, 0.2) is 24.3 Å². The van der Waals surface area contributed by atoms with Crippen molar-refractivity contribution in [1.29, 1.82) is 0 Å². The monoisotopic (exact) mass is 263 g/mol. The van der Waals surface area contributed by atoms with Gasteiger partial charge >= 0.3 is 0 Å². The maximum atomic E-state index is 12.3. The number of nitrogens with zero attached hydrogens (tertiary/aromatic N) is 1. The molecule has 0 spiro atoms. The van der Waals surface area contributed by atoms with Gasteiger partial charge in [-0.1, -0.05) is 6.92 Å². The molecular formula is C15H21NO3. The number of ether oxygens (including phenoxy) is 2. The molecule has 0 saturated carbocycles. The second kappa shape index (κ2) is 6.45. The van der Waals surface area contributed by atoms with Crippen LogP contribution >= 0.6 is 0 Å². The molecule has 0 N–H and O–H groups in total. The lowest BCUT2D eigenvalue weighted by molar-refractivity contribution is -0.137. The molecule has 0 aromatic heterocycles. The fraction of sp³-hybridized carbons (Fsp3) is 0.533. The molecule has 1 aliphatic rings. The van der Waals surface area contributed by atoms with E-state index in [4.69, 9.17) is 9.47 Å². The minimum Gasteiger partial charge on any atom is -0.497 e. The van der Waals surface area contributed by atoms with Gasteiger partial charge in [0, 0.05) is 13.1 Å². The molecule has 0 radical (unpaired) electrons. The Labute approximate surface area is 114 Å². The molecule has 1 unspecified atom stereocenters.